The number of amides is 3. The number of rotatable bonds is 8. The highest BCUT2D eigenvalue weighted by Gasteiger charge is 2.25. The second-order valence-electron chi connectivity index (χ2n) is 6.87. The molecule has 0 fully saturated rings. The molecule has 0 saturated heterocycles. The van der Waals surface area contributed by atoms with E-state index >= 15 is 0 Å². The Morgan fingerprint density at radius 3 is 2.61 bits per heavy atom. The Balaban J connectivity index is 1.51. The lowest BCUT2D eigenvalue weighted by Gasteiger charge is -2.11. The van der Waals surface area contributed by atoms with Gasteiger partial charge in [-0.1, -0.05) is 12.1 Å². The van der Waals surface area contributed by atoms with Gasteiger partial charge in [-0.05, 0) is 43.4 Å². The molecule has 0 radical (unpaired) electrons. The first-order valence-electron chi connectivity index (χ1n) is 9.71. The molecule has 164 valence electrons. The van der Waals surface area contributed by atoms with Gasteiger partial charge in [0.05, 0.1) is 18.2 Å². The molecule has 0 unspecified atom stereocenters. The van der Waals surface area contributed by atoms with E-state index in [0.29, 0.717) is 16.3 Å². The van der Waals surface area contributed by atoms with E-state index < -0.39 is 36.8 Å². The zero-order valence-corrected chi connectivity index (χ0v) is 17.8. The van der Waals surface area contributed by atoms with Crippen LogP contribution < -0.4 is 21.1 Å². The highest BCUT2D eigenvalue weighted by molar-refractivity contribution is 7.17. The Bertz CT molecular complexity index is 1020. The number of carbonyl (C=O) groups excluding carboxylic acids is 4. The Morgan fingerprint density at radius 2 is 1.87 bits per heavy atom. The summed E-state index contributed by atoms with van der Waals surface area (Å²) in [6.07, 6.45) is 3.59. The number of thiophene rings is 1. The van der Waals surface area contributed by atoms with E-state index in [-0.39, 0.29) is 5.56 Å². The first-order chi connectivity index (χ1) is 14.9. The molecule has 4 N–H and O–H groups in total. The summed E-state index contributed by atoms with van der Waals surface area (Å²) in [6.45, 7) is -0.964. The number of nitrogens with two attached hydrogens (primary N) is 1. The Hall–Kier alpha value is -3.40. The van der Waals surface area contributed by atoms with Crippen LogP contribution in [-0.4, -0.2) is 44.0 Å². The van der Waals surface area contributed by atoms with Crippen LogP contribution in [0, 0.1) is 0 Å². The highest BCUT2D eigenvalue weighted by Crippen LogP contribution is 2.37. The second-order valence-corrected chi connectivity index (χ2v) is 7.98. The summed E-state index contributed by atoms with van der Waals surface area (Å²) in [7, 11) is 1.44. The fourth-order valence-corrected chi connectivity index (χ4v) is 4.67. The lowest BCUT2D eigenvalue weighted by atomic mass is 9.95. The van der Waals surface area contributed by atoms with E-state index in [2.05, 4.69) is 10.6 Å². The summed E-state index contributed by atoms with van der Waals surface area (Å²) < 4.78 is 10.0. The Morgan fingerprint density at radius 1 is 1.13 bits per heavy atom. The second kappa shape index (κ2) is 10.1. The number of primary amides is 1. The maximum absolute atomic E-state index is 12.2. The smallest absolute Gasteiger partial charge is 0.325 e. The van der Waals surface area contributed by atoms with Crippen molar-refractivity contribution in [3.05, 3.63) is 45.8 Å². The summed E-state index contributed by atoms with van der Waals surface area (Å²) in [5.41, 5.74) is 7.01. The molecule has 0 bridgehead atoms. The number of carbonyl (C=O) groups is 4. The van der Waals surface area contributed by atoms with Crippen LogP contribution in [0.2, 0.25) is 0 Å². The Kier molecular flexibility index (Phi) is 7.24. The average Bonchev–Trinajstić information content (AvgIpc) is 3.13. The van der Waals surface area contributed by atoms with Crippen molar-refractivity contribution >= 4 is 40.0 Å². The first kappa shape index (κ1) is 22.3. The van der Waals surface area contributed by atoms with E-state index in [0.717, 1.165) is 36.1 Å². The van der Waals surface area contributed by atoms with Crippen molar-refractivity contribution in [2.75, 3.05) is 25.6 Å². The van der Waals surface area contributed by atoms with Crippen LogP contribution >= 0.6 is 11.3 Å². The molecule has 0 saturated carbocycles. The van der Waals surface area contributed by atoms with Crippen molar-refractivity contribution in [1.82, 2.24) is 5.32 Å². The van der Waals surface area contributed by atoms with Crippen LogP contribution in [0.15, 0.2) is 24.3 Å². The highest BCUT2D eigenvalue weighted by atomic mass is 32.1. The van der Waals surface area contributed by atoms with Gasteiger partial charge in [-0.2, -0.15) is 0 Å². The number of anilines is 1. The summed E-state index contributed by atoms with van der Waals surface area (Å²) in [5.74, 6) is -2.10. The van der Waals surface area contributed by atoms with E-state index in [1.807, 2.05) is 0 Å². The maximum Gasteiger partial charge on any atom is 0.325 e. The number of esters is 1. The number of aryl methyl sites for hydroxylation is 1. The molecule has 3 rings (SSSR count). The first-order valence-corrected chi connectivity index (χ1v) is 10.5. The third kappa shape index (κ3) is 5.40. The van der Waals surface area contributed by atoms with Gasteiger partial charge in [0.25, 0.3) is 17.7 Å². The lowest BCUT2D eigenvalue weighted by Crippen LogP contribution is -2.32. The molecule has 0 atom stereocenters. The minimum absolute atomic E-state index is 0.274. The topological polar surface area (TPSA) is 137 Å². The molecule has 1 aliphatic carbocycles. The standard InChI is InChI=1S/C21H23N3O6S/c1-29-14-8-4-2-6-12(14)20(28)23-10-17(26)30-11-16(25)24-21-18(19(22)27)13-7-3-5-9-15(13)31-21/h2,4,6,8H,3,5,7,9-11H2,1H3,(H2,22,27)(H,23,28)(H,24,25). The number of hydrogen-bond acceptors (Lipinski definition) is 7. The van der Waals surface area contributed by atoms with Gasteiger partial charge >= 0.3 is 5.97 Å². The molecule has 1 aromatic heterocycles. The summed E-state index contributed by atoms with van der Waals surface area (Å²) in [5, 5.41) is 5.41. The van der Waals surface area contributed by atoms with Crippen molar-refractivity contribution in [2.45, 2.75) is 25.7 Å². The quantitative estimate of drug-likeness (QED) is 0.529. The zero-order valence-electron chi connectivity index (χ0n) is 17.0. The van der Waals surface area contributed by atoms with Crippen LogP contribution in [-0.2, 0) is 27.2 Å². The van der Waals surface area contributed by atoms with E-state index in [4.69, 9.17) is 15.2 Å². The van der Waals surface area contributed by atoms with Crippen LogP contribution in [0.1, 0.15) is 44.0 Å². The number of ether oxygens (including phenoxy) is 2. The van der Waals surface area contributed by atoms with Gasteiger partial charge in [-0.25, -0.2) is 0 Å². The summed E-state index contributed by atoms with van der Waals surface area (Å²) in [4.78, 5) is 49.2. The molecule has 0 aliphatic heterocycles. The number of para-hydroxylation sites is 1. The van der Waals surface area contributed by atoms with Crippen LogP contribution in [0.25, 0.3) is 0 Å². The van der Waals surface area contributed by atoms with Crippen molar-refractivity contribution in [3.8, 4) is 5.75 Å². The van der Waals surface area contributed by atoms with Crippen molar-refractivity contribution in [3.63, 3.8) is 0 Å². The van der Waals surface area contributed by atoms with Crippen molar-refractivity contribution in [2.24, 2.45) is 5.73 Å². The van der Waals surface area contributed by atoms with Crippen molar-refractivity contribution < 1.29 is 28.7 Å². The molecular weight excluding hydrogens is 422 g/mol. The Labute approximate surface area is 182 Å². The number of methoxy groups -OCH3 is 1. The molecule has 3 amide bonds. The fraction of sp³-hybridized carbons (Fsp3) is 0.333. The third-order valence-electron chi connectivity index (χ3n) is 4.78. The van der Waals surface area contributed by atoms with Crippen LogP contribution in [0.3, 0.4) is 0 Å². The molecule has 2 aromatic rings. The SMILES string of the molecule is COc1ccccc1C(=O)NCC(=O)OCC(=O)Nc1sc2c(c1C(N)=O)CCCC2. The molecular formula is C21H23N3O6S. The fourth-order valence-electron chi connectivity index (χ4n) is 3.35. The molecule has 9 nitrogen and oxygen atoms in total. The van der Waals surface area contributed by atoms with Gasteiger partial charge in [-0.15, -0.1) is 11.3 Å². The summed E-state index contributed by atoms with van der Waals surface area (Å²) >= 11 is 1.33. The summed E-state index contributed by atoms with van der Waals surface area (Å²) in [6, 6.07) is 6.57. The zero-order chi connectivity index (χ0) is 22.4. The predicted octanol–water partition coefficient (Wildman–Crippen LogP) is 1.65. The normalized spacial score (nSPS) is 12.4. The van der Waals surface area contributed by atoms with E-state index in [1.165, 1.54) is 18.4 Å². The number of benzene rings is 1. The monoisotopic (exact) mass is 445 g/mol. The molecule has 1 aliphatic rings. The number of nitrogens with one attached hydrogen (secondary N) is 2. The largest absolute Gasteiger partial charge is 0.496 e. The molecule has 0 spiro atoms. The number of hydrogen-bond donors (Lipinski definition) is 3. The minimum Gasteiger partial charge on any atom is -0.496 e. The van der Waals surface area contributed by atoms with Crippen LogP contribution in [0.5, 0.6) is 5.75 Å². The van der Waals surface area contributed by atoms with Gasteiger partial charge in [0.15, 0.2) is 6.61 Å². The van der Waals surface area contributed by atoms with Gasteiger partial charge in [0, 0.05) is 4.88 Å². The molecule has 31 heavy (non-hydrogen) atoms. The molecule has 1 heterocycles. The minimum atomic E-state index is -0.779. The number of fused-ring (bicyclic) bond motifs is 1. The average molecular weight is 445 g/mol. The van der Waals surface area contributed by atoms with E-state index in [1.54, 1.807) is 24.3 Å². The lowest BCUT2D eigenvalue weighted by molar-refractivity contribution is -0.146. The van der Waals surface area contributed by atoms with Gasteiger partial charge in [-0.3, -0.25) is 19.2 Å². The predicted molar refractivity (Wildman–Crippen MR) is 114 cm³/mol. The third-order valence-corrected chi connectivity index (χ3v) is 5.99. The molecule has 1 aromatic carbocycles. The molecule has 10 heteroatoms. The maximum atomic E-state index is 12.2. The van der Waals surface area contributed by atoms with Crippen molar-refractivity contribution in [1.29, 1.82) is 0 Å². The van der Waals surface area contributed by atoms with Gasteiger partial charge in [0.2, 0.25) is 0 Å². The van der Waals surface area contributed by atoms with Crippen LogP contribution in [0.4, 0.5) is 5.00 Å². The van der Waals surface area contributed by atoms with Gasteiger partial charge < -0.3 is 25.8 Å². The van der Waals surface area contributed by atoms with Gasteiger partial charge in [0.1, 0.15) is 17.3 Å². The van der Waals surface area contributed by atoms with E-state index in [9.17, 15) is 19.2 Å².